The highest BCUT2D eigenvalue weighted by atomic mass is 16.2. The van der Waals surface area contributed by atoms with Crippen LogP contribution in [0.15, 0.2) is 0 Å². The summed E-state index contributed by atoms with van der Waals surface area (Å²) in [6.45, 7) is 14.1. The molecule has 1 amide bonds. The van der Waals surface area contributed by atoms with Crippen LogP contribution in [0.5, 0.6) is 0 Å². The molecule has 2 N–H and O–H groups in total. The monoisotopic (exact) mass is 296 g/mol. The minimum Gasteiger partial charge on any atom is -0.354 e. The molecule has 21 heavy (non-hydrogen) atoms. The molecule has 124 valence electrons. The van der Waals surface area contributed by atoms with Crippen molar-refractivity contribution in [3.8, 4) is 0 Å². The number of carbonyl (C=O) groups is 1. The summed E-state index contributed by atoms with van der Waals surface area (Å²) in [5, 5.41) is 6.56. The summed E-state index contributed by atoms with van der Waals surface area (Å²) in [4.78, 5) is 12.1. The van der Waals surface area contributed by atoms with Crippen LogP contribution in [0.1, 0.15) is 73.6 Å². The Morgan fingerprint density at radius 2 is 1.76 bits per heavy atom. The summed E-state index contributed by atoms with van der Waals surface area (Å²) >= 11 is 0. The van der Waals surface area contributed by atoms with Crippen LogP contribution in [-0.4, -0.2) is 24.5 Å². The van der Waals surface area contributed by atoms with Gasteiger partial charge in [0.25, 0.3) is 0 Å². The second kappa shape index (κ2) is 8.17. The molecule has 0 bridgehead atoms. The molecule has 0 aromatic carbocycles. The zero-order valence-electron chi connectivity index (χ0n) is 15.0. The number of hydrogen-bond acceptors (Lipinski definition) is 2. The maximum Gasteiger partial charge on any atom is 0.236 e. The summed E-state index contributed by atoms with van der Waals surface area (Å²) in [5.74, 6) is 1.46. The van der Waals surface area contributed by atoms with Gasteiger partial charge in [-0.25, -0.2) is 0 Å². The quantitative estimate of drug-likeness (QED) is 0.759. The average molecular weight is 296 g/mol. The number of carbonyl (C=O) groups excluding carboxylic acids is 1. The molecule has 3 nitrogen and oxygen atoms in total. The van der Waals surface area contributed by atoms with E-state index in [4.69, 9.17) is 0 Å². The van der Waals surface area contributed by atoms with Crippen molar-refractivity contribution in [1.82, 2.24) is 10.6 Å². The maximum absolute atomic E-state index is 12.1. The van der Waals surface area contributed by atoms with Gasteiger partial charge in [-0.2, -0.15) is 0 Å². The minimum atomic E-state index is -0.0834. The van der Waals surface area contributed by atoms with E-state index in [1.807, 2.05) is 6.92 Å². The fourth-order valence-corrected chi connectivity index (χ4v) is 3.22. The third-order valence-corrected chi connectivity index (χ3v) is 4.76. The standard InChI is InChI=1S/C18H36N2O/c1-13(2)12-19-17(21)14(3)20-16-9-7-8-15(10-11-16)18(4,5)6/h13-16,20H,7-12H2,1-6H3,(H,19,21). The van der Waals surface area contributed by atoms with E-state index in [2.05, 4.69) is 45.3 Å². The van der Waals surface area contributed by atoms with Crippen molar-refractivity contribution < 1.29 is 4.79 Å². The highest BCUT2D eigenvalue weighted by Gasteiger charge is 2.28. The van der Waals surface area contributed by atoms with E-state index in [1.54, 1.807) is 0 Å². The topological polar surface area (TPSA) is 41.1 Å². The van der Waals surface area contributed by atoms with E-state index in [-0.39, 0.29) is 11.9 Å². The van der Waals surface area contributed by atoms with Crippen LogP contribution in [0.3, 0.4) is 0 Å². The van der Waals surface area contributed by atoms with Gasteiger partial charge in [-0.05, 0) is 49.9 Å². The third kappa shape index (κ3) is 6.82. The lowest BCUT2D eigenvalue weighted by molar-refractivity contribution is -0.123. The Morgan fingerprint density at radius 1 is 1.10 bits per heavy atom. The Kier molecular flexibility index (Phi) is 7.19. The minimum absolute atomic E-state index is 0.0834. The first-order valence-corrected chi connectivity index (χ1v) is 8.74. The molecule has 3 heteroatoms. The van der Waals surface area contributed by atoms with Crippen LogP contribution < -0.4 is 10.6 Å². The number of amides is 1. The summed E-state index contributed by atoms with van der Waals surface area (Å²) in [6.07, 6.45) is 6.29. The van der Waals surface area contributed by atoms with Crippen LogP contribution in [0, 0.1) is 17.3 Å². The molecule has 3 unspecified atom stereocenters. The molecule has 0 aliphatic heterocycles. The number of hydrogen-bond donors (Lipinski definition) is 2. The van der Waals surface area contributed by atoms with E-state index in [1.165, 1.54) is 32.1 Å². The number of nitrogens with one attached hydrogen (secondary N) is 2. The van der Waals surface area contributed by atoms with Crippen molar-refractivity contribution in [1.29, 1.82) is 0 Å². The highest BCUT2D eigenvalue weighted by molar-refractivity contribution is 5.81. The molecule has 1 aliphatic rings. The lowest BCUT2D eigenvalue weighted by atomic mass is 9.76. The van der Waals surface area contributed by atoms with Crippen LogP contribution in [0.25, 0.3) is 0 Å². The molecule has 0 radical (unpaired) electrons. The molecule has 1 saturated carbocycles. The Morgan fingerprint density at radius 3 is 2.33 bits per heavy atom. The average Bonchev–Trinajstić information content (AvgIpc) is 2.60. The Hall–Kier alpha value is -0.570. The highest BCUT2D eigenvalue weighted by Crippen LogP contribution is 2.36. The molecule has 1 aliphatic carbocycles. The second-order valence-corrected chi connectivity index (χ2v) is 8.30. The fourth-order valence-electron chi connectivity index (χ4n) is 3.22. The first-order valence-electron chi connectivity index (χ1n) is 8.74. The Bertz CT molecular complexity index is 320. The Labute approximate surface area is 131 Å². The normalized spacial score (nSPS) is 25.5. The molecule has 1 fully saturated rings. The van der Waals surface area contributed by atoms with Gasteiger partial charge in [0.1, 0.15) is 0 Å². The predicted molar refractivity (Wildman–Crippen MR) is 90.3 cm³/mol. The second-order valence-electron chi connectivity index (χ2n) is 8.30. The molecular weight excluding hydrogens is 260 g/mol. The molecule has 0 aromatic rings. The van der Waals surface area contributed by atoms with Crippen molar-refractivity contribution in [2.24, 2.45) is 17.3 Å². The van der Waals surface area contributed by atoms with Crippen molar-refractivity contribution in [3.63, 3.8) is 0 Å². The molecule has 0 spiro atoms. The van der Waals surface area contributed by atoms with Gasteiger partial charge < -0.3 is 10.6 Å². The van der Waals surface area contributed by atoms with Gasteiger partial charge in [-0.3, -0.25) is 4.79 Å². The summed E-state index contributed by atoms with van der Waals surface area (Å²) in [7, 11) is 0. The summed E-state index contributed by atoms with van der Waals surface area (Å²) in [6, 6.07) is 0.414. The lowest BCUT2D eigenvalue weighted by Gasteiger charge is -2.30. The molecule has 0 aromatic heterocycles. The largest absolute Gasteiger partial charge is 0.354 e. The Balaban J connectivity index is 2.39. The van der Waals surface area contributed by atoms with Crippen LogP contribution in [0.4, 0.5) is 0 Å². The van der Waals surface area contributed by atoms with Crippen molar-refractivity contribution >= 4 is 5.91 Å². The molecular formula is C18H36N2O. The van der Waals surface area contributed by atoms with Crippen LogP contribution in [0.2, 0.25) is 0 Å². The van der Waals surface area contributed by atoms with Crippen molar-refractivity contribution in [3.05, 3.63) is 0 Å². The van der Waals surface area contributed by atoms with Crippen molar-refractivity contribution in [2.45, 2.75) is 85.7 Å². The SMILES string of the molecule is CC(C)CNC(=O)C(C)NC1CCCC(C(C)(C)C)CC1. The molecule has 0 heterocycles. The van der Waals surface area contributed by atoms with Gasteiger partial charge in [-0.1, -0.05) is 41.0 Å². The first kappa shape index (κ1) is 18.5. The van der Waals surface area contributed by atoms with Gasteiger partial charge >= 0.3 is 0 Å². The van der Waals surface area contributed by atoms with Crippen LogP contribution in [-0.2, 0) is 4.79 Å². The molecule has 0 saturated heterocycles. The molecule has 1 rings (SSSR count). The van der Waals surface area contributed by atoms with E-state index in [0.29, 0.717) is 17.4 Å². The maximum atomic E-state index is 12.1. The van der Waals surface area contributed by atoms with Crippen molar-refractivity contribution in [2.75, 3.05) is 6.54 Å². The van der Waals surface area contributed by atoms with E-state index < -0.39 is 0 Å². The van der Waals surface area contributed by atoms with Gasteiger partial charge in [0.2, 0.25) is 5.91 Å². The van der Waals surface area contributed by atoms with E-state index in [0.717, 1.165) is 12.5 Å². The predicted octanol–water partition coefficient (Wildman–Crippen LogP) is 3.73. The third-order valence-electron chi connectivity index (χ3n) is 4.76. The number of rotatable bonds is 5. The lowest BCUT2D eigenvalue weighted by Crippen LogP contribution is -2.47. The first-order chi connectivity index (χ1) is 9.70. The van der Waals surface area contributed by atoms with E-state index in [9.17, 15) is 4.79 Å². The zero-order valence-corrected chi connectivity index (χ0v) is 15.0. The van der Waals surface area contributed by atoms with Gasteiger partial charge in [0, 0.05) is 12.6 Å². The van der Waals surface area contributed by atoms with E-state index >= 15 is 0 Å². The zero-order chi connectivity index (χ0) is 16.0. The van der Waals surface area contributed by atoms with Crippen LogP contribution >= 0.6 is 0 Å². The van der Waals surface area contributed by atoms with Gasteiger partial charge in [0.15, 0.2) is 0 Å². The van der Waals surface area contributed by atoms with Gasteiger partial charge in [0.05, 0.1) is 6.04 Å². The fraction of sp³-hybridized carbons (Fsp3) is 0.944. The van der Waals surface area contributed by atoms with Gasteiger partial charge in [-0.15, -0.1) is 0 Å². The summed E-state index contributed by atoms with van der Waals surface area (Å²) < 4.78 is 0. The summed E-state index contributed by atoms with van der Waals surface area (Å²) in [5.41, 5.74) is 0.412. The smallest absolute Gasteiger partial charge is 0.236 e. The molecule has 3 atom stereocenters.